The number of esters is 4. The summed E-state index contributed by atoms with van der Waals surface area (Å²) in [5.74, 6) is -2.36. The van der Waals surface area contributed by atoms with Crippen molar-refractivity contribution in [2.75, 3.05) is 7.11 Å². The van der Waals surface area contributed by atoms with Crippen molar-refractivity contribution in [3.8, 4) is 17.2 Å². The van der Waals surface area contributed by atoms with Gasteiger partial charge in [0.15, 0.2) is 0 Å². The Labute approximate surface area is 189 Å². The van der Waals surface area contributed by atoms with Crippen LogP contribution in [0.2, 0.25) is 0 Å². The van der Waals surface area contributed by atoms with Gasteiger partial charge in [-0.25, -0.2) is 14.4 Å². The lowest BCUT2D eigenvalue weighted by Gasteiger charge is -2.11. The molecule has 0 spiro atoms. The minimum Gasteiger partial charge on any atom is -0.465 e. The first-order valence-electron chi connectivity index (χ1n) is 9.78. The second-order valence-electron chi connectivity index (χ2n) is 6.91. The van der Waals surface area contributed by atoms with Gasteiger partial charge in [0, 0.05) is 6.92 Å². The van der Waals surface area contributed by atoms with Crippen molar-refractivity contribution in [1.82, 2.24) is 0 Å². The third kappa shape index (κ3) is 6.04. The van der Waals surface area contributed by atoms with E-state index in [9.17, 15) is 19.2 Å². The van der Waals surface area contributed by atoms with Crippen LogP contribution >= 0.6 is 0 Å². The zero-order chi connectivity index (χ0) is 24.0. The Kier molecular flexibility index (Phi) is 7.20. The van der Waals surface area contributed by atoms with Crippen LogP contribution in [0.5, 0.6) is 17.2 Å². The Morgan fingerprint density at radius 2 is 1.18 bits per heavy atom. The average Bonchev–Trinajstić information content (AvgIpc) is 2.80. The van der Waals surface area contributed by atoms with Gasteiger partial charge in [0.05, 0.1) is 18.2 Å². The number of benzene rings is 3. The predicted molar refractivity (Wildman–Crippen MR) is 117 cm³/mol. The van der Waals surface area contributed by atoms with Gasteiger partial charge in [0.25, 0.3) is 0 Å². The van der Waals surface area contributed by atoms with Crippen LogP contribution in [0, 0.1) is 6.92 Å². The minimum atomic E-state index is -0.781. The van der Waals surface area contributed by atoms with Crippen LogP contribution in [0.3, 0.4) is 0 Å². The molecule has 3 aromatic carbocycles. The summed E-state index contributed by atoms with van der Waals surface area (Å²) in [5, 5.41) is 0. The van der Waals surface area contributed by atoms with Gasteiger partial charge in [-0.1, -0.05) is 17.7 Å². The number of carbonyl (C=O) groups excluding carboxylic acids is 4. The van der Waals surface area contributed by atoms with E-state index in [-0.39, 0.29) is 28.4 Å². The molecule has 0 saturated heterocycles. The maximum absolute atomic E-state index is 12.5. The fraction of sp³-hybridized carbons (Fsp3) is 0.120. The van der Waals surface area contributed by atoms with Gasteiger partial charge in [-0.2, -0.15) is 0 Å². The van der Waals surface area contributed by atoms with Crippen LogP contribution in [0.15, 0.2) is 66.7 Å². The molecule has 0 atom stereocenters. The Morgan fingerprint density at radius 1 is 0.636 bits per heavy atom. The molecule has 0 aliphatic carbocycles. The summed E-state index contributed by atoms with van der Waals surface area (Å²) in [6.07, 6.45) is 0. The van der Waals surface area contributed by atoms with Crippen molar-refractivity contribution < 1.29 is 38.1 Å². The molecular formula is C25H20O8. The van der Waals surface area contributed by atoms with E-state index >= 15 is 0 Å². The van der Waals surface area contributed by atoms with Crippen LogP contribution in [0.1, 0.15) is 43.6 Å². The second-order valence-corrected chi connectivity index (χ2v) is 6.91. The van der Waals surface area contributed by atoms with Gasteiger partial charge in [-0.05, 0) is 61.5 Å². The second kappa shape index (κ2) is 10.2. The molecule has 0 aliphatic heterocycles. The summed E-state index contributed by atoms with van der Waals surface area (Å²) in [4.78, 5) is 48.1. The molecule has 0 fully saturated rings. The van der Waals surface area contributed by atoms with Gasteiger partial charge in [0.2, 0.25) is 0 Å². The number of ether oxygens (including phenoxy) is 4. The number of aryl methyl sites for hydroxylation is 1. The molecule has 8 nitrogen and oxygen atoms in total. The van der Waals surface area contributed by atoms with E-state index in [0.29, 0.717) is 5.56 Å². The van der Waals surface area contributed by atoms with E-state index in [1.165, 1.54) is 56.5 Å². The van der Waals surface area contributed by atoms with Crippen molar-refractivity contribution in [3.05, 3.63) is 89.0 Å². The van der Waals surface area contributed by atoms with Crippen LogP contribution in [-0.4, -0.2) is 31.0 Å². The molecule has 0 N–H and O–H groups in total. The Morgan fingerprint density at radius 3 is 1.76 bits per heavy atom. The first-order chi connectivity index (χ1) is 15.8. The molecule has 0 bridgehead atoms. The lowest BCUT2D eigenvalue weighted by Crippen LogP contribution is -2.13. The Balaban J connectivity index is 1.79. The summed E-state index contributed by atoms with van der Waals surface area (Å²) in [6.45, 7) is 3.16. The van der Waals surface area contributed by atoms with Gasteiger partial charge in [-0.15, -0.1) is 0 Å². The molecule has 0 heterocycles. The number of hydrogen-bond acceptors (Lipinski definition) is 8. The summed E-state index contributed by atoms with van der Waals surface area (Å²) in [5.41, 5.74) is 1.40. The summed E-state index contributed by atoms with van der Waals surface area (Å²) < 4.78 is 20.4. The normalized spacial score (nSPS) is 10.2. The molecule has 0 saturated carbocycles. The quantitative estimate of drug-likeness (QED) is 0.409. The van der Waals surface area contributed by atoms with Crippen molar-refractivity contribution in [2.45, 2.75) is 13.8 Å². The Hall–Kier alpha value is -4.46. The zero-order valence-electron chi connectivity index (χ0n) is 18.1. The van der Waals surface area contributed by atoms with Crippen molar-refractivity contribution in [2.24, 2.45) is 0 Å². The number of carbonyl (C=O) groups is 4. The van der Waals surface area contributed by atoms with E-state index in [2.05, 4.69) is 0 Å². The van der Waals surface area contributed by atoms with Gasteiger partial charge >= 0.3 is 23.9 Å². The maximum Gasteiger partial charge on any atom is 0.343 e. The molecule has 0 amide bonds. The first-order valence-corrected chi connectivity index (χ1v) is 9.78. The van der Waals surface area contributed by atoms with E-state index in [0.717, 1.165) is 5.56 Å². The number of hydrogen-bond donors (Lipinski definition) is 0. The molecule has 3 aromatic rings. The third-order valence-electron chi connectivity index (χ3n) is 4.41. The van der Waals surface area contributed by atoms with E-state index < -0.39 is 23.9 Å². The summed E-state index contributed by atoms with van der Waals surface area (Å²) in [6, 6.07) is 16.5. The highest BCUT2D eigenvalue weighted by atomic mass is 16.6. The fourth-order valence-electron chi connectivity index (χ4n) is 2.77. The van der Waals surface area contributed by atoms with Crippen LogP contribution in [0.25, 0.3) is 0 Å². The standard InChI is InChI=1S/C25H20O8/c1-15-4-6-17(7-5-15)23(27)32-20-12-13-22(21(14-20)25(29)30-3)33-24(28)18-8-10-19(11-9-18)31-16(2)26/h4-14H,1-3H3. The molecule has 3 rings (SSSR count). The zero-order valence-corrected chi connectivity index (χ0v) is 18.1. The average molecular weight is 448 g/mol. The van der Waals surface area contributed by atoms with Gasteiger partial charge in [-0.3, -0.25) is 4.79 Å². The minimum absolute atomic E-state index is 0.0755. The van der Waals surface area contributed by atoms with Crippen LogP contribution < -0.4 is 14.2 Å². The third-order valence-corrected chi connectivity index (χ3v) is 4.41. The molecule has 8 heteroatoms. The SMILES string of the molecule is COC(=O)c1cc(OC(=O)c2ccc(C)cc2)ccc1OC(=O)c1ccc(OC(C)=O)cc1. The smallest absolute Gasteiger partial charge is 0.343 e. The first kappa shape index (κ1) is 23.2. The van der Waals surface area contributed by atoms with Crippen LogP contribution in [-0.2, 0) is 9.53 Å². The highest BCUT2D eigenvalue weighted by Gasteiger charge is 2.20. The van der Waals surface area contributed by atoms with Gasteiger partial charge < -0.3 is 18.9 Å². The van der Waals surface area contributed by atoms with E-state index in [1.54, 1.807) is 24.3 Å². The largest absolute Gasteiger partial charge is 0.465 e. The fourth-order valence-corrected chi connectivity index (χ4v) is 2.77. The van der Waals surface area contributed by atoms with Crippen molar-refractivity contribution in [1.29, 1.82) is 0 Å². The van der Waals surface area contributed by atoms with Crippen LogP contribution in [0.4, 0.5) is 0 Å². The van der Waals surface area contributed by atoms with Crippen molar-refractivity contribution >= 4 is 23.9 Å². The molecule has 168 valence electrons. The molecule has 0 radical (unpaired) electrons. The van der Waals surface area contributed by atoms with E-state index in [1.807, 2.05) is 6.92 Å². The summed E-state index contributed by atoms with van der Waals surface area (Å²) >= 11 is 0. The molecule has 33 heavy (non-hydrogen) atoms. The monoisotopic (exact) mass is 448 g/mol. The molecular weight excluding hydrogens is 428 g/mol. The molecule has 0 unspecified atom stereocenters. The number of rotatable bonds is 6. The topological polar surface area (TPSA) is 105 Å². The lowest BCUT2D eigenvalue weighted by molar-refractivity contribution is -0.131. The van der Waals surface area contributed by atoms with Crippen molar-refractivity contribution in [3.63, 3.8) is 0 Å². The van der Waals surface area contributed by atoms with Gasteiger partial charge in [0.1, 0.15) is 22.8 Å². The Bertz CT molecular complexity index is 1190. The molecule has 0 aliphatic rings. The highest BCUT2D eigenvalue weighted by Crippen LogP contribution is 2.27. The predicted octanol–water partition coefficient (Wildman–Crippen LogP) is 4.15. The highest BCUT2D eigenvalue weighted by molar-refractivity contribution is 5.97. The maximum atomic E-state index is 12.5. The lowest BCUT2D eigenvalue weighted by atomic mass is 10.1. The number of methoxy groups -OCH3 is 1. The molecule has 0 aromatic heterocycles. The summed E-state index contributed by atoms with van der Waals surface area (Å²) in [7, 11) is 1.17. The van der Waals surface area contributed by atoms with E-state index in [4.69, 9.17) is 18.9 Å².